The number of furan rings is 1. The molecule has 1 heterocycles. The van der Waals surface area contributed by atoms with Crippen LogP contribution < -0.4 is 5.32 Å². The number of aryl methyl sites for hydroxylation is 2. The van der Waals surface area contributed by atoms with Crippen LogP contribution in [-0.4, -0.2) is 23.0 Å². The quantitative estimate of drug-likeness (QED) is 0.766. The Hall–Kier alpha value is -2.22. The number of rotatable bonds is 4. The van der Waals surface area contributed by atoms with Crippen LogP contribution in [0.5, 0.6) is 0 Å². The number of hydrogen-bond donors (Lipinski definition) is 2. The molecule has 1 aromatic rings. The minimum Gasteiger partial charge on any atom is -0.480 e. The van der Waals surface area contributed by atoms with Crippen LogP contribution in [0.3, 0.4) is 0 Å². The molecule has 0 saturated heterocycles. The molecule has 90 valence electrons. The van der Waals surface area contributed by atoms with Crippen LogP contribution in [0.15, 0.2) is 10.5 Å². The van der Waals surface area contributed by atoms with E-state index in [-0.39, 0.29) is 6.42 Å². The van der Waals surface area contributed by atoms with E-state index < -0.39 is 17.9 Å². The average molecular weight is 235 g/mol. The highest BCUT2D eigenvalue weighted by Gasteiger charge is 2.21. The molecule has 5 heteroatoms. The third-order valence-electron chi connectivity index (χ3n) is 2.21. The first kappa shape index (κ1) is 12.8. The van der Waals surface area contributed by atoms with E-state index in [0.717, 1.165) is 0 Å². The zero-order chi connectivity index (χ0) is 13.0. The Bertz CT molecular complexity index is 481. The summed E-state index contributed by atoms with van der Waals surface area (Å²) in [5.41, 5.74) is 0.325. The van der Waals surface area contributed by atoms with E-state index in [1.54, 1.807) is 19.9 Å². The summed E-state index contributed by atoms with van der Waals surface area (Å²) < 4.78 is 5.19. The van der Waals surface area contributed by atoms with Crippen molar-refractivity contribution in [2.24, 2.45) is 0 Å². The molecule has 1 rings (SSSR count). The second kappa shape index (κ2) is 5.21. The predicted molar refractivity (Wildman–Crippen MR) is 60.5 cm³/mol. The van der Waals surface area contributed by atoms with Crippen molar-refractivity contribution in [3.63, 3.8) is 0 Å². The van der Waals surface area contributed by atoms with Crippen LogP contribution in [0.4, 0.5) is 0 Å². The van der Waals surface area contributed by atoms with Crippen molar-refractivity contribution in [1.82, 2.24) is 5.32 Å². The van der Waals surface area contributed by atoms with Crippen molar-refractivity contribution in [2.75, 3.05) is 0 Å². The Labute approximate surface area is 98.8 Å². The molecule has 1 unspecified atom stereocenters. The van der Waals surface area contributed by atoms with Crippen molar-refractivity contribution in [1.29, 1.82) is 0 Å². The van der Waals surface area contributed by atoms with Gasteiger partial charge in [-0.25, -0.2) is 4.79 Å². The third-order valence-corrected chi connectivity index (χ3v) is 2.21. The standard InChI is InChI=1S/C12H13NO4/c1-4-5-10(12(15)16)13-11(14)9-6-7(2)17-8(9)3/h1,6,10H,5H2,2-3H3,(H,13,14)(H,15,16). The lowest BCUT2D eigenvalue weighted by Gasteiger charge is -2.10. The fraction of sp³-hybridized carbons (Fsp3) is 0.333. The van der Waals surface area contributed by atoms with Crippen molar-refractivity contribution in [2.45, 2.75) is 26.3 Å². The van der Waals surface area contributed by atoms with Crippen molar-refractivity contribution in [3.05, 3.63) is 23.2 Å². The third kappa shape index (κ3) is 3.11. The van der Waals surface area contributed by atoms with Gasteiger partial charge in [0.25, 0.3) is 5.91 Å². The molecule has 0 fully saturated rings. The van der Waals surface area contributed by atoms with Gasteiger partial charge in [0.1, 0.15) is 17.6 Å². The van der Waals surface area contributed by atoms with Gasteiger partial charge in [-0.3, -0.25) is 4.79 Å². The van der Waals surface area contributed by atoms with Gasteiger partial charge >= 0.3 is 5.97 Å². The molecule has 5 nitrogen and oxygen atoms in total. The first-order chi connectivity index (χ1) is 7.95. The number of carboxylic acid groups (broad SMARTS) is 1. The molecular formula is C12H13NO4. The van der Waals surface area contributed by atoms with Crippen molar-refractivity contribution < 1.29 is 19.1 Å². The highest BCUT2D eigenvalue weighted by Crippen LogP contribution is 2.13. The molecule has 0 aliphatic rings. The number of terminal acetylenes is 1. The number of nitrogens with one attached hydrogen (secondary N) is 1. The summed E-state index contributed by atoms with van der Waals surface area (Å²) in [6.45, 7) is 3.35. The summed E-state index contributed by atoms with van der Waals surface area (Å²) >= 11 is 0. The number of carbonyl (C=O) groups is 2. The highest BCUT2D eigenvalue weighted by molar-refractivity contribution is 5.97. The molecule has 0 bridgehead atoms. The minimum absolute atomic E-state index is 0.0586. The van der Waals surface area contributed by atoms with Crippen LogP contribution in [0.1, 0.15) is 28.3 Å². The van der Waals surface area contributed by atoms with E-state index in [9.17, 15) is 9.59 Å². The van der Waals surface area contributed by atoms with Crippen LogP contribution >= 0.6 is 0 Å². The second-order valence-electron chi connectivity index (χ2n) is 3.60. The molecule has 17 heavy (non-hydrogen) atoms. The van der Waals surface area contributed by atoms with Gasteiger partial charge in [-0.05, 0) is 19.9 Å². The summed E-state index contributed by atoms with van der Waals surface area (Å²) in [5.74, 6) is 1.59. The van der Waals surface area contributed by atoms with E-state index in [1.807, 2.05) is 0 Å². The second-order valence-corrected chi connectivity index (χ2v) is 3.60. The van der Waals surface area contributed by atoms with Crippen LogP contribution in [-0.2, 0) is 4.79 Å². The van der Waals surface area contributed by atoms with Gasteiger partial charge in [0.2, 0.25) is 0 Å². The number of amides is 1. The van der Waals surface area contributed by atoms with Crippen LogP contribution in [0.2, 0.25) is 0 Å². The zero-order valence-corrected chi connectivity index (χ0v) is 9.61. The zero-order valence-electron chi connectivity index (χ0n) is 9.61. The fourth-order valence-electron chi connectivity index (χ4n) is 1.41. The fourth-order valence-corrected chi connectivity index (χ4v) is 1.41. The number of hydrogen-bond acceptors (Lipinski definition) is 3. The van der Waals surface area contributed by atoms with E-state index in [4.69, 9.17) is 15.9 Å². The lowest BCUT2D eigenvalue weighted by Crippen LogP contribution is -2.40. The average Bonchev–Trinajstić information content (AvgIpc) is 2.57. The lowest BCUT2D eigenvalue weighted by atomic mass is 10.2. The van der Waals surface area contributed by atoms with Crippen molar-refractivity contribution in [3.8, 4) is 12.3 Å². The minimum atomic E-state index is -1.16. The molecule has 0 aliphatic heterocycles. The summed E-state index contributed by atoms with van der Waals surface area (Å²) in [5, 5.41) is 11.2. The molecule has 1 atom stereocenters. The first-order valence-electron chi connectivity index (χ1n) is 5.00. The molecule has 0 spiro atoms. The van der Waals surface area contributed by atoms with E-state index in [1.165, 1.54) is 0 Å². The molecule has 0 aromatic carbocycles. The monoisotopic (exact) mass is 235 g/mol. The highest BCUT2D eigenvalue weighted by atomic mass is 16.4. The molecule has 0 radical (unpaired) electrons. The van der Waals surface area contributed by atoms with Crippen LogP contribution in [0.25, 0.3) is 0 Å². The van der Waals surface area contributed by atoms with Crippen molar-refractivity contribution >= 4 is 11.9 Å². The smallest absolute Gasteiger partial charge is 0.327 e. The van der Waals surface area contributed by atoms with Gasteiger partial charge in [0, 0.05) is 6.42 Å². The Morgan fingerprint density at radius 1 is 1.59 bits per heavy atom. The summed E-state index contributed by atoms with van der Waals surface area (Å²) in [4.78, 5) is 22.6. The largest absolute Gasteiger partial charge is 0.480 e. The Morgan fingerprint density at radius 3 is 2.65 bits per heavy atom. The van der Waals surface area contributed by atoms with Gasteiger partial charge in [-0.2, -0.15) is 0 Å². The van der Waals surface area contributed by atoms with E-state index in [2.05, 4.69) is 11.2 Å². The molecular weight excluding hydrogens is 222 g/mol. The van der Waals surface area contributed by atoms with Gasteiger partial charge < -0.3 is 14.8 Å². The number of aliphatic carboxylic acids is 1. The van der Waals surface area contributed by atoms with E-state index >= 15 is 0 Å². The van der Waals surface area contributed by atoms with E-state index in [0.29, 0.717) is 17.1 Å². The van der Waals surface area contributed by atoms with Gasteiger partial charge in [0.15, 0.2) is 0 Å². The Balaban J connectivity index is 2.81. The first-order valence-corrected chi connectivity index (χ1v) is 5.00. The molecule has 1 aromatic heterocycles. The van der Waals surface area contributed by atoms with Gasteiger partial charge in [0.05, 0.1) is 5.56 Å². The summed E-state index contributed by atoms with van der Waals surface area (Å²) in [7, 11) is 0. The predicted octanol–water partition coefficient (Wildman–Crippen LogP) is 1.10. The SMILES string of the molecule is C#CCC(NC(=O)c1cc(C)oc1C)C(=O)O. The molecule has 0 saturated carbocycles. The maximum atomic E-state index is 11.8. The van der Waals surface area contributed by atoms with Gasteiger partial charge in [-0.1, -0.05) is 0 Å². The number of carbonyl (C=O) groups excluding carboxylic acids is 1. The summed E-state index contributed by atoms with van der Waals surface area (Å²) in [6, 6.07) is 0.474. The maximum Gasteiger partial charge on any atom is 0.327 e. The van der Waals surface area contributed by atoms with Gasteiger partial charge in [-0.15, -0.1) is 12.3 Å². The Morgan fingerprint density at radius 2 is 2.24 bits per heavy atom. The lowest BCUT2D eigenvalue weighted by molar-refractivity contribution is -0.139. The Kier molecular flexibility index (Phi) is 3.94. The molecule has 2 N–H and O–H groups in total. The van der Waals surface area contributed by atoms with Crippen LogP contribution in [0, 0.1) is 26.2 Å². The topological polar surface area (TPSA) is 79.5 Å². The maximum absolute atomic E-state index is 11.8. The summed E-state index contributed by atoms with van der Waals surface area (Å²) in [6.07, 6.45) is 4.97. The molecule has 1 amide bonds. The normalized spacial score (nSPS) is 11.6. The molecule has 0 aliphatic carbocycles. The number of carboxylic acids is 1.